The summed E-state index contributed by atoms with van der Waals surface area (Å²) in [5, 5.41) is 0. The molecule has 0 heterocycles. The second-order valence-corrected chi connectivity index (χ2v) is 4.60. The number of hydrogen-bond acceptors (Lipinski definition) is 2. The van der Waals surface area contributed by atoms with Crippen LogP contribution in [0.4, 0.5) is 0 Å². The zero-order chi connectivity index (χ0) is 11.3. The molecule has 1 aliphatic rings. The molecule has 1 aliphatic carbocycles. The van der Waals surface area contributed by atoms with E-state index in [0.29, 0.717) is 11.7 Å². The summed E-state index contributed by atoms with van der Waals surface area (Å²) in [6, 6.07) is 0. The number of carbonyl (C=O) groups is 2. The molecule has 0 amide bonds. The van der Waals surface area contributed by atoms with E-state index in [4.69, 9.17) is 0 Å². The van der Waals surface area contributed by atoms with E-state index in [-0.39, 0.29) is 17.6 Å². The Morgan fingerprint density at radius 3 is 1.43 bits per heavy atom. The van der Waals surface area contributed by atoms with Gasteiger partial charge in [-0.1, -0.05) is 27.7 Å². The third-order valence-electron chi connectivity index (χ3n) is 2.36. The predicted octanol–water partition coefficient (Wildman–Crippen LogP) is 2.85. The van der Waals surface area contributed by atoms with Crippen LogP contribution in [0.5, 0.6) is 0 Å². The van der Waals surface area contributed by atoms with Gasteiger partial charge in [0.1, 0.15) is 11.6 Å². The van der Waals surface area contributed by atoms with E-state index in [2.05, 4.69) is 0 Å². The van der Waals surface area contributed by atoms with Crippen LogP contribution < -0.4 is 0 Å². The van der Waals surface area contributed by atoms with Crippen LogP contribution in [0.3, 0.4) is 0 Å². The maximum absolute atomic E-state index is 10.9. The average molecular weight is 198 g/mol. The molecule has 0 aromatic heterocycles. The molecule has 0 bridgehead atoms. The molecule has 2 nitrogen and oxygen atoms in total. The zero-order valence-corrected chi connectivity index (χ0v) is 9.96. The Labute approximate surface area is 87.1 Å². The third kappa shape index (κ3) is 5.90. The van der Waals surface area contributed by atoms with Crippen LogP contribution in [0.15, 0.2) is 0 Å². The Balaban J connectivity index is 0.000000255. The molecule has 0 radical (unpaired) electrons. The number of carbonyl (C=O) groups excluding carboxylic acids is 2. The van der Waals surface area contributed by atoms with Crippen LogP contribution in [0.1, 0.15) is 47.5 Å². The first-order valence-corrected chi connectivity index (χ1v) is 5.40. The van der Waals surface area contributed by atoms with E-state index in [1.165, 1.54) is 0 Å². The topological polar surface area (TPSA) is 34.1 Å². The molecule has 0 aromatic rings. The van der Waals surface area contributed by atoms with Gasteiger partial charge in [0.2, 0.25) is 0 Å². The molecule has 0 aromatic carbocycles. The highest BCUT2D eigenvalue weighted by Gasteiger charge is 2.30. The van der Waals surface area contributed by atoms with E-state index >= 15 is 0 Å². The van der Waals surface area contributed by atoms with Crippen LogP contribution in [-0.4, -0.2) is 11.6 Å². The standard InChI is InChI=1S/C7H12O.C5H10O/c1-5(2)7(8)6-3-4-6;1-4(2)5(3)6/h5-6H,3-4H2,1-2H3;4H,1-3H3. The van der Waals surface area contributed by atoms with Crippen molar-refractivity contribution >= 4 is 11.6 Å². The van der Waals surface area contributed by atoms with Crippen LogP contribution >= 0.6 is 0 Å². The lowest BCUT2D eigenvalue weighted by molar-refractivity contribution is -0.123. The first kappa shape index (κ1) is 13.3. The molecular formula is C12H22O2. The Morgan fingerprint density at radius 2 is 1.36 bits per heavy atom. The zero-order valence-electron chi connectivity index (χ0n) is 9.96. The summed E-state index contributed by atoms with van der Waals surface area (Å²) in [7, 11) is 0. The molecule has 0 spiro atoms. The van der Waals surface area contributed by atoms with Crippen molar-refractivity contribution < 1.29 is 9.59 Å². The Bertz CT molecular complexity index is 196. The first-order valence-electron chi connectivity index (χ1n) is 5.40. The Hall–Kier alpha value is -0.660. The van der Waals surface area contributed by atoms with Gasteiger partial charge in [-0.3, -0.25) is 9.59 Å². The van der Waals surface area contributed by atoms with Crippen molar-refractivity contribution in [1.29, 1.82) is 0 Å². The van der Waals surface area contributed by atoms with E-state index in [1.54, 1.807) is 6.92 Å². The maximum Gasteiger partial charge on any atom is 0.138 e. The normalized spacial score (nSPS) is 15.1. The number of Topliss-reactive ketones (excluding diaryl/α,β-unsaturated/α-hetero) is 2. The van der Waals surface area contributed by atoms with Gasteiger partial charge < -0.3 is 0 Å². The lowest BCUT2D eigenvalue weighted by Gasteiger charge is -1.98. The predicted molar refractivity (Wildman–Crippen MR) is 58.1 cm³/mol. The summed E-state index contributed by atoms with van der Waals surface area (Å²) in [4.78, 5) is 21.0. The molecule has 0 aliphatic heterocycles. The van der Waals surface area contributed by atoms with Crippen LogP contribution in [0, 0.1) is 17.8 Å². The average Bonchev–Trinajstić information content (AvgIpc) is 2.86. The highest BCUT2D eigenvalue weighted by Crippen LogP contribution is 2.31. The summed E-state index contributed by atoms with van der Waals surface area (Å²) in [6.07, 6.45) is 2.30. The van der Waals surface area contributed by atoms with Gasteiger partial charge in [0.25, 0.3) is 0 Å². The van der Waals surface area contributed by atoms with Crippen molar-refractivity contribution in [2.45, 2.75) is 47.5 Å². The minimum Gasteiger partial charge on any atom is -0.300 e. The van der Waals surface area contributed by atoms with Crippen LogP contribution in [-0.2, 0) is 9.59 Å². The highest BCUT2D eigenvalue weighted by molar-refractivity contribution is 5.84. The van der Waals surface area contributed by atoms with Gasteiger partial charge in [-0.25, -0.2) is 0 Å². The van der Waals surface area contributed by atoms with Gasteiger partial charge in [-0.15, -0.1) is 0 Å². The fourth-order valence-corrected chi connectivity index (χ4v) is 0.839. The smallest absolute Gasteiger partial charge is 0.138 e. The lowest BCUT2D eigenvalue weighted by atomic mass is 10.1. The van der Waals surface area contributed by atoms with E-state index in [9.17, 15) is 9.59 Å². The van der Waals surface area contributed by atoms with Crippen molar-refractivity contribution in [3.8, 4) is 0 Å². The second kappa shape index (κ2) is 5.94. The largest absolute Gasteiger partial charge is 0.300 e. The van der Waals surface area contributed by atoms with Gasteiger partial charge in [0.05, 0.1) is 0 Å². The summed E-state index contributed by atoms with van der Waals surface area (Å²) in [6.45, 7) is 9.33. The molecule has 0 saturated heterocycles. The van der Waals surface area contributed by atoms with Crippen molar-refractivity contribution in [3.63, 3.8) is 0 Å². The van der Waals surface area contributed by atoms with Crippen molar-refractivity contribution in [2.75, 3.05) is 0 Å². The molecule has 14 heavy (non-hydrogen) atoms. The van der Waals surface area contributed by atoms with Gasteiger partial charge in [0.15, 0.2) is 0 Å². The first-order chi connectivity index (χ1) is 6.36. The number of rotatable bonds is 3. The monoisotopic (exact) mass is 198 g/mol. The molecule has 0 unspecified atom stereocenters. The lowest BCUT2D eigenvalue weighted by Crippen LogP contribution is -2.08. The molecule has 2 heteroatoms. The Morgan fingerprint density at radius 1 is 1.00 bits per heavy atom. The second-order valence-electron chi connectivity index (χ2n) is 4.60. The summed E-state index contributed by atoms with van der Waals surface area (Å²) in [5.41, 5.74) is 0. The molecule has 82 valence electrons. The van der Waals surface area contributed by atoms with E-state index in [1.807, 2.05) is 27.7 Å². The molecule has 0 N–H and O–H groups in total. The molecule has 1 rings (SSSR count). The van der Waals surface area contributed by atoms with Crippen LogP contribution in [0.25, 0.3) is 0 Å². The van der Waals surface area contributed by atoms with E-state index < -0.39 is 0 Å². The maximum atomic E-state index is 10.9. The summed E-state index contributed by atoms with van der Waals surface area (Å²) >= 11 is 0. The fourth-order valence-electron chi connectivity index (χ4n) is 0.839. The van der Waals surface area contributed by atoms with Gasteiger partial charge in [-0.2, -0.15) is 0 Å². The minimum atomic E-state index is 0.213. The summed E-state index contributed by atoms with van der Waals surface area (Å²) < 4.78 is 0. The van der Waals surface area contributed by atoms with Gasteiger partial charge >= 0.3 is 0 Å². The van der Waals surface area contributed by atoms with Gasteiger partial charge in [-0.05, 0) is 19.8 Å². The van der Waals surface area contributed by atoms with Crippen molar-refractivity contribution in [3.05, 3.63) is 0 Å². The molecule has 0 atom stereocenters. The number of hydrogen-bond donors (Lipinski definition) is 0. The van der Waals surface area contributed by atoms with Crippen LogP contribution in [0.2, 0.25) is 0 Å². The van der Waals surface area contributed by atoms with Crippen molar-refractivity contribution in [1.82, 2.24) is 0 Å². The van der Waals surface area contributed by atoms with E-state index in [0.717, 1.165) is 12.8 Å². The number of ketones is 2. The molecule has 1 fully saturated rings. The van der Waals surface area contributed by atoms with Gasteiger partial charge in [0, 0.05) is 17.8 Å². The minimum absolute atomic E-state index is 0.213. The summed E-state index contributed by atoms with van der Waals surface area (Å²) in [5.74, 6) is 1.66. The molecular weight excluding hydrogens is 176 g/mol. The highest BCUT2D eigenvalue weighted by atomic mass is 16.1. The third-order valence-corrected chi connectivity index (χ3v) is 2.36. The quantitative estimate of drug-likeness (QED) is 0.698. The fraction of sp³-hybridized carbons (Fsp3) is 0.833. The SMILES string of the molecule is CC(=O)C(C)C.CC(C)C(=O)C1CC1. The Kier molecular flexibility index (Phi) is 5.66. The molecule has 1 saturated carbocycles. The van der Waals surface area contributed by atoms with Crippen molar-refractivity contribution in [2.24, 2.45) is 17.8 Å².